The van der Waals surface area contributed by atoms with Gasteiger partial charge in [0.15, 0.2) is 0 Å². The smallest absolute Gasteiger partial charge is 0.326 e. The second-order valence-electron chi connectivity index (χ2n) is 6.66. The van der Waals surface area contributed by atoms with E-state index in [1.165, 1.54) is 6.92 Å². The molecule has 1 aromatic carbocycles. The topological polar surface area (TPSA) is 95.5 Å². The predicted octanol–water partition coefficient (Wildman–Crippen LogP) is 2.13. The number of amides is 2. The molecular weight excluding hydrogens is 320 g/mol. The fourth-order valence-electron chi connectivity index (χ4n) is 2.63. The van der Waals surface area contributed by atoms with Crippen molar-refractivity contribution in [3.63, 3.8) is 0 Å². The average Bonchev–Trinajstić information content (AvgIpc) is 2.53. The zero-order valence-electron chi connectivity index (χ0n) is 15.1. The molecule has 0 spiro atoms. The number of carboxylic acid groups (broad SMARTS) is 1. The molecule has 1 aromatic rings. The van der Waals surface area contributed by atoms with Gasteiger partial charge < -0.3 is 15.7 Å². The molecule has 6 heteroatoms. The monoisotopic (exact) mass is 348 g/mol. The number of hydrogen-bond donors (Lipinski definition) is 3. The molecule has 0 saturated heterocycles. The number of benzene rings is 1. The second kappa shape index (κ2) is 10.5. The Morgan fingerprint density at radius 3 is 2.20 bits per heavy atom. The summed E-state index contributed by atoms with van der Waals surface area (Å²) < 4.78 is 0. The van der Waals surface area contributed by atoms with Crippen LogP contribution in [0.25, 0.3) is 0 Å². The van der Waals surface area contributed by atoms with Gasteiger partial charge in [-0.25, -0.2) is 4.79 Å². The van der Waals surface area contributed by atoms with E-state index in [0.717, 1.165) is 12.0 Å². The van der Waals surface area contributed by atoms with E-state index in [0.29, 0.717) is 19.3 Å². The van der Waals surface area contributed by atoms with Crippen LogP contribution in [0.3, 0.4) is 0 Å². The summed E-state index contributed by atoms with van der Waals surface area (Å²) >= 11 is 0. The van der Waals surface area contributed by atoms with Crippen molar-refractivity contribution < 1.29 is 19.5 Å². The molecule has 0 saturated carbocycles. The zero-order valence-corrected chi connectivity index (χ0v) is 15.1. The first-order valence-corrected chi connectivity index (χ1v) is 8.63. The van der Waals surface area contributed by atoms with Gasteiger partial charge in [-0.05, 0) is 37.2 Å². The quantitative estimate of drug-likeness (QED) is 0.603. The van der Waals surface area contributed by atoms with Crippen molar-refractivity contribution in [2.24, 2.45) is 5.92 Å². The highest BCUT2D eigenvalue weighted by molar-refractivity contribution is 5.89. The Bertz CT molecular complexity index is 572. The first kappa shape index (κ1) is 20.7. The lowest BCUT2D eigenvalue weighted by atomic mass is 10.0. The highest BCUT2D eigenvalue weighted by Crippen LogP contribution is 2.09. The van der Waals surface area contributed by atoms with E-state index in [-0.39, 0.29) is 11.8 Å². The molecule has 138 valence electrons. The summed E-state index contributed by atoms with van der Waals surface area (Å²) in [4.78, 5) is 35.1. The standard InChI is InChI=1S/C19H28N2O4/c1-13(2)12-17(20-14(3)22)18(23)21-16(19(24)25)11-7-10-15-8-5-4-6-9-15/h4-6,8-9,13,16-17H,7,10-12H2,1-3H3,(H,20,22)(H,21,23)(H,24,25)/t16-,17+/m1/s1. The molecule has 0 aromatic heterocycles. The first-order valence-electron chi connectivity index (χ1n) is 8.63. The Morgan fingerprint density at radius 1 is 1.04 bits per heavy atom. The van der Waals surface area contributed by atoms with Crippen LogP contribution in [0.2, 0.25) is 0 Å². The molecule has 1 rings (SSSR count). The normalized spacial score (nSPS) is 13.1. The molecule has 0 aliphatic heterocycles. The number of carbonyl (C=O) groups is 3. The molecule has 0 radical (unpaired) electrons. The Morgan fingerprint density at radius 2 is 1.68 bits per heavy atom. The van der Waals surface area contributed by atoms with Gasteiger partial charge in [0.1, 0.15) is 12.1 Å². The van der Waals surface area contributed by atoms with E-state index in [2.05, 4.69) is 10.6 Å². The molecule has 25 heavy (non-hydrogen) atoms. The van der Waals surface area contributed by atoms with Crippen molar-refractivity contribution in [2.45, 2.75) is 58.5 Å². The van der Waals surface area contributed by atoms with Gasteiger partial charge in [-0.1, -0.05) is 44.2 Å². The van der Waals surface area contributed by atoms with Crippen molar-refractivity contribution in [1.29, 1.82) is 0 Å². The maximum atomic E-state index is 12.4. The number of rotatable bonds is 10. The Hall–Kier alpha value is -2.37. The van der Waals surface area contributed by atoms with Crippen molar-refractivity contribution in [3.05, 3.63) is 35.9 Å². The van der Waals surface area contributed by atoms with Crippen LogP contribution in [-0.2, 0) is 20.8 Å². The zero-order chi connectivity index (χ0) is 18.8. The van der Waals surface area contributed by atoms with Crippen LogP contribution in [0.1, 0.15) is 45.6 Å². The van der Waals surface area contributed by atoms with Crippen LogP contribution < -0.4 is 10.6 Å². The Kier molecular flexibility index (Phi) is 8.67. The highest BCUT2D eigenvalue weighted by Gasteiger charge is 2.26. The molecular formula is C19H28N2O4. The highest BCUT2D eigenvalue weighted by atomic mass is 16.4. The third-order valence-electron chi connectivity index (χ3n) is 3.82. The Labute approximate surface area is 149 Å². The minimum Gasteiger partial charge on any atom is -0.480 e. The number of aliphatic carboxylic acids is 1. The van der Waals surface area contributed by atoms with E-state index in [4.69, 9.17) is 0 Å². The minimum atomic E-state index is -1.06. The molecule has 0 aliphatic carbocycles. The molecule has 0 unspecified atom stereocenters. The van der Waals surface area contributed by atoms with Gasteiger partial charge in [0.05, 0.1) is 0 Å². The van der Waals surface area contributed by atoms with Crippen molar-refractivity contribution in [2.75, 3.05) is 0 Å². The fraction of sp³-hybridized carbons (Fsp3) is 0.526. The molecule has 2 atom stereocenters. The van der Waals surface area contributed by atoms with Crippen LogP contribution in [0.15, 0.2) is 30.3 Å². The predicted molar refractivity (Wildman–Crippen MR) is 96.0 cm³/mol. The Balaban J connectivity index is 2.60. The summed E-state index contributed by atoms with van der Waals surface area (Å²) in [5, 5.41) is 14.5. The first-order chi connectivity index (χ1) is 11.8. The van der Waals surface area contributed by atoms with Gasteiger partial charge in [0.2, 0.25) is 11.8 Å². The average molecular weight is 348 g/mol. The van der Waals surface area contributed by atoms with Crippen molar-refractivity contribution >= 4 is 17.8 Å². The molecule has 2 amide bonds. The summed E-state index contributed by atoms with van der Waals surface area (Å²) in [5.74, 6) is -1.62. The van der Waals surface area contributed by atoms with Gasteiger partial charge >= 0.3 is 5.97 Å². The summed E-state index contributed by atoms with van der Waals surface area (Å²) in [5.41, 5.74) is 1.13. The lowest BCUT2D eigenvalue weighted by Crippen LogP contribution is -2.51. The third kappa shape index (κ3) is 8.33. The summed E-state index contributed by atoms with van der Waals surface area (Å²) in [7, 11) is 0. The van der Waals surface area contributed by atoms with E-state index in [1.54, 1.807) is 0 Å². The number of nitrogens with one attached hydrogen (secondary N) is 2. The molecule has 0 heterocycles. The van der Waals surface area contributed by atoms with Gasteiger partial charge in [0.25, 0.3) is 0 Å². The van der Waals surface area contributed by atoms with Crippen molar-refractivity contribution in [3.8, 4) is 0 Å². The van der Waals surface area contributed by atoms with Crippen LogP contribution >= 0.6 is 0 Å². The number of carbonyl (C=O) groups excluding carboxylic acids is 2. The van der Waals surface area contributed by atoms with E-state index >= 15 is 0 Å². The minimum absolute atomic E-state index is 0.198. The molecule has 0 aliphatic rings. The van der Waals surface area contributed by atoms with Gasteiger partial charge in [-0.2, -0.15) is 0 Å². The SMILES string of the molecule is CC(=O)N[C@@H](CC(C)C)C(=O)N[C@H](CCCc1ccccc1)C(=O)O. The fourth-order valence-corrected chi connectivity index (χ4v) is 2.63. The van der Waals surface area contributed by atoms with Crippen LogP contribution in [0, 0.1) is 5.92 Å². The summed E-state index contributed by atoms with van der Waals surface area (Å²) in [6.45, 7) is 5.22. The van der Waals surface area contributed by atoms with E-state index in [1.807, 2.05) is 44.2 Å². The summed E-state index contributed by atoms with van der Waals surface area (Å²) in [6.07, 6.45) is 2.20. The van der Waals surface area contributed by atoms with Gasteiger partial charge in [-0.15, -0.1) is 0 Å². The van der Waals surface area contributed by atoms with Crippen molar-refractivity contribution in [1.82, 2.24) is 10.6 Å². The van der Waals surface area contributed by atoms with Gasteiger partial charge in [0, 0.05) is 6.92 Å². The lowest BCUT2D eigenvalue weighted by molar-refractivity contribution is -0.142. The number of carboxylic acids is 1. The number of hydrogen-bond acceptors (Lipinski definition) is 3. The molecule has 6 nitrogen and oxygen atoms in total. The van der Waals surface area contributed by atoms with Crippen LogP contribution in [-0.4, -0.2) is 35.0 Å². The number of aryl methyl sites for hydroxylation is 1. The molecule has 3 N–H and O–H groups in total. The van der Waals surface area contributed by atoms with Crippen LogP contribution in [0.4, 0.5) is 0 Å². The maximum Gasteiger partial charge on any atom is 0.326 e. The third-order valence-corrected chi connectivity index (χ3v) is 3.82. The van der Waals surface area contributed by atoms with Gasteiger partial charge in [-0.3, -0.25) is 9.59 Å². The maximum absolute atomic E-state index is 12.4. The van der Waals surface area contributed by atoms with E-state index < -0.39 is 24.0 Å². The molecule has 0 bridgehead atoms. The van der Waals surface area contributed by atoms with Crippen LogP contribution in [0.5, 0.6) is 0 Å². The summed E-state index contributed by atoms with van der Waals surface area (Å²) in [6, 6.07) is 8.12. The molecule has 0 fully saturated rings. The largest absolute Gasteiger partial charge is 0.480 e. The van der Waals surface area contributed by atoms with E-state index in [9.17, 15) is 19.5 Å². The second-order valence-corrected chi connectivity index (χ2v) is 6.66. The lowest BCUT2D eigenvalue weighted by Gasteiger charge is -2.22.